The fraction of sp³-hybridized carbons (Fsp3) is 0.550. The molecular weight excluding hydrogens is 380 g/mol. The van der Waals surface area contributed by atoms with E-state index in [9.17, 15) is 19.5 Å². The fourth-order valence-corrected chi connectivity index (χ4v) is 3.08. The number of rotatable bonds is 10. The Balaban J connectivity index is 2.87. The number of hydrogen-bond donors (Lipinski definition) is 3. The first-order chi connectivity index (χ1) is 13.1. The van der Waals surface area contributed by atoms with E-state index in [1.807, 2.05) is 37.3 Å². The zero-order valence-electron chi connectivity index (χ0n) is 16.9. The van der Waals surface area contributed by atoms with Crippen LogP contribution in [0.1, 0.15) is 39.7 Å². The van der Waals surface area contributed by atoms with E-state index >= 15 is 0 Å². The molecule has 28 heavy (non-hydrogen) atoms. The predicted molar refractivity (Wildman–Crippen MR) is 110 cm³/mol. The maximum atomic E-state index is 12.7. The molecule has 0 aliphatic rings. The summed E-state index contributed by atoms with van der Waals surface area (Å²) in [6.45, 7) is 7.17. The van der Waals surface area contributed by atoms with Crippen LogP contribution in [0, 0.1) is 0 Å². The smallest absolute Gasteiger partial charge is 0.408 e. The minimum Gasteiger partial charge on any atom is -0.480 e. The summed E-state index contributed by atoms with van der Waals surface area (Å²) >= 11 is 1.60. The van der Waals surface area contributed by atoms with Gasteiger partial charge in [0, 0.05) is 6.42 Å². The van der Waals surface area contributed by atoms with Gasteiger partial charge in [-0.3, -0.25) is 4.79 Å². The molecule has 1 rings (SSSR count). The van der Waals surface area contributed by atoms with Crippen molar-refractivity contribution in [3.05, 3.63) is 35.9 Å². The molecule has 2 amide bonds. The van der Waals surface area contributed by atoms with Crippen molar-refractivity contribution in [3.8, 4) is 0 Å². The Kier molecular flexibility index (Phi) is 9.85. The number of benzene rings is 1. The zero-order valence-corrected chi connectivity index (χ0v) is 17.7. The summed E-state index contributed by atoms with van der Waals surface area (Å²) in [6, 6.07) is 7.24. The second kappa shape index (κ2) is 11.6. The Labute approximate surface area is 170 Å². The van der Waals surface area contributed by atoms with E-state index < -0.39 is 35.7 Å². The molecule has 3 N–H and O–H groups in total. The fourth-order valence-electron chi connectivity index (χ4n) is 2.38. The van der Waals surface area contributed by atoms with Crippen LogP contribution in [0.4, 0.5) is 4.79 Å². The number of ether oxygens (including phenoxy) is 1. The first-order valence-corrected chi connectivity index (χ1v) is 10.4. The second-order valence-electron chi connectivity index (χ2n) is 7.27. The molecule has 0 bridgehead atoms. The lowest BCUT2D eigenvalue weighted by Gasteiger charge is -2.24. The first kappa shape index (κ1) is 23.8. The molecule has 0 aromatic heterocycles. The molecule has 2 unspecified atom stereocenters. The van der Waals surface area contributed by atoms with Crippen molar-refractivity contribution in [2.24, 2.45) is 0 Å². The summed E-state index contributed by atoms with van der Waals surface area (Å²) in [5.41, 5.74) is 0.130. The summed E-state index contributed by atoms with van der Waals surface area (Å²) in [7, 11) is 0. The summed E-state index contributed by atoms with van der Waals surface area (Å²) in [4.78, 5) is 36.4. The highest BCUT2D eigenvalue weighted by Crippen LogP contribution is 2.10. The van der Waals surface area contributed by atoms with Gasteiger partial charge in [0.05, 0.1) is 0 Å². The topological polar surface area (TPSA) is 105 Å². The summed E-state index contributed by atoms with van der Waals surface area (Å²) in [6.07, 6.45) is -0.191. The third-order valence-electron chi connectivity index (χ3n) is 3.66. The Bertz CT molecular complexity index is 646. The Morgan fingerprint density at radius 2 is 1.75 bits per heavy atom. The van der Waals surface area contributed by atoms with Crippen LogP contribution in [0.25, 0.3) is 0 Å². The van der Waals surface area contributed by atoms with Crippen LogP contribution in [-0.4, -0.2) is 52.3 Å². The highest BCUT2D eigenvalue weighted by Gasteiger charge is 2.28. The standard InChI is InChI=1S/C20H30N2O5S/c1-5-28-12-11-15(18(24)25)21-17(23)16(13-14-9-7-6-8-10-14)22-19(26)27-20(2,3)4/h6-10,15-16H,5,11-13H2,1-4H3,(H,21,23)(H,22,26)(H,24,25). The van der Waals surface area contributed by atoms with Crippen LogP contribution >= 0.6 is 11.8 Å². The molecule has 8 heteroatoms. The molecule has 0 radical (unpaired) electrons. The molecule has 0 saturated carbocycles. The van der Waals surface area contributed by atoms with E-state index in [1.165, 1.54) is 0 Å². The van der Waals surface area contributed by atoms with Gasteiger partial charge in [-0.2, -0.15) is 11.8 Å². The van der Waals surface area contributed by atoms with E-state index in [0.29, 0.717) is 12.2 Å². The summed E-state index contributed by atoms with van der Waals surface area (Å²) < 4.78 is 5.24. The van der Waals surface area contributed by atoms with Gasteiger partial charge in [-0.25, -0.2) is 9.59 Å². The van der Waals surface area contributed by atoms with Gasteiger partial charge in [0.15, 0.2) is 0 Å². The highest BCUT2D eigenvalue weighted by atomic mass is 32.2. The Morgan fingerprint density at radius 3 is 2.29 bits per heavy atom. The normalized spacial score (nSPS) is 13.3. The first-order valence-electron chi connectivity index (χ1n) is 9.26. The van der Waals surface area contributed by atoms with Crippen molar-refractivity contribution >= 4 is 29.7 Å². The molecule has 1 aromatic carbocycles. The number of carbonyl (C=O) groups excluding carboxylic acids is 2. The molecular formula is C20H30N2O5S. The van der Waals surface area contributed by atoms with E-state index in [2.05, 4.69) is 10.6 Å². The van der Waals surface area contributed by atoms with Crippen molar-refractivity contribution in [3.63, 3.8) is 0 Å². The molecule has 0 aliphatic heterocycles. The second-order valence-corrected chi connectivity index (χ2v) is 8.67. The number of nitrogens with one attached hydrogen (secondary N) is 2. The lowest BCUT2D eigenvalue weighted by atomic mass is 10.0. The number of alkyl carbamates (subject to hydrolysis) is 1. The number of amides is 2. The largest absolute Gasteiger partial charge is 0.480 e. The van der Waals surface area contributed by atoms with Gasteiger partial charge in [0.25, 0.3) is 0 Å². The number of carbonyl (C=O) groups is 3. The monoisotopic (exact) mass is 410 g/mol. The van der Waals surface area contributed by atoms with Crippen molar-refractivity contribution in [2.45, 2.75) is 58.2 Å². The highest BCUT2D eigenvalue weighted by molar-refractivity contribution is 7.99. The van der Waals surface area contributed by atoms with Crippen molar-refractivity contribution in [2.75, 3.05) is 11.5 Å². The number of carboxylic acids is 1. The number of hydrogen-bond acceptors (Lipinski definition) is 5. The van der Waals surface area contributed by atoms with Crippen LogP contribution < -0.4 is 10.6 Å². The molecule has 2 atom stereocenters. The van der Waals surface area contributed by atoms with Crippen LogP contribution in [0.2, 0.25) is 0 Å². The number of carboxylic acid groups (broad SMARTS) is 1. The molecule has 0 spiro atoms. The van der Waals surface area contributed by atoms with Gasteiger partial charge in [-0.05, 0) is 44.3 Å². The maximum absolute atomic E-state index is 12.7. The minimum atomic E-state index is -1.10. The van der Waals surface area contributed by atoms with Crippen LogP contribution in [-0.2, 0) is 20.7 Å². The van der Waals surface area contributed by atoms with E-state index in [4.69, 9.17) is 4.74 Å². The van der Waals surface area contributed by atoms with Crippen molar-refractivity contribution in [1.82, 2.24) is 10.6 Å². The van der Waals surface area contributed by atoms with Gasteiger partial charge in [0.2, 0.25) is 5.91 Å². The third kappa shape index (κ3) is 9.64. The van der Waals surface area contributed by atoms with Gasteiger partial charge < -0.3 is 20.5 Å². The molecule has 0 saturated heterocycles. The maximum Gasteiger partial charge on any atom is 0.408 e. The summed E-state index contributed by atoms with van der Waals surface area (Å²) in [5, 5.41) is 14.5. The Hall–Kier alpha value is -2.22. The van der Waals surface area contributed by atoms with Gasteiger partial charge >= 0.3 is 12.1 Å². The summed E-state index contributed by atoms with van der Waals surface area (Å²) in [5.74, 6) is -0.155. The molecule has 0 aliphatic carbocycles. The van der Waals surface area contributed by atoms with E-state index in [0.717, 1.165) is 11.3 Å². The lowest BCUT2D eigenvalue weighted by molar-refractivity contribution is -0.142. The molecule has 1 aromatic rings. The predicted octanol–water partition coefficient (Wildman–Crippen LogP) is 2.84. The number of aliphatic carboxylic acids is 1. The van der Waals surface area contributed by atoms with Crippen molar-refractivity contribution < 1.29 is 24.2 Å². The SMILES string of the molecule is CCSCCC(NC(=O)C(Cc1ccccc1)NC(=O)OC(C)(C)C)C(=O)O. The quantitative estimate of drug-likeness (QED) is 0.512. The lowest BCUT2D eigenvalue weighted by Crippen LogP contribution is -2.53. The molecule has 0 heterocycles. The van der Waals surface area contributed by atoms with Gasteiger partial charge in [-0.15, -0.1) is 0 Å². The van der Waals surface area contributed by atoms with Crippen molar-refractivity contribution in [1.29, 1.82) is 0 Å². The average molecular weight is 411 g/mol. The third-order valence-corrected chi connectivity index (χ3v) is 4.59. The zero-order chi connectivity index (χ0) is 21.2. The van der Waals surface area contributed by atoms with E-state index in [-0.39, 0.29) is 6.42 Å². The molecule has 7 nitrogen and oxygen atoms in total. The molecule has 0 fully saturated rings. The van der Waals surface area contributed by atoms with E-state index in [1.54, 1.807) is 32.5 Å². The van der Waals surface area contributed by atoms with Crippen LogP contribution in [0.3, 0.4) is 0 Å². The van der Waals surface area contributed by atoms with Gasteiger partial charge in [0.1, 0.15) is 17.7 Å². The van der Waals surface area contributed by atoms with Crippen LogP contribution in [0.15, 0.2) is 30.3 Å². The molecule has 156 valence electrons. The average Bonchev–Trinajstić information content (AvgIpc) is 2.59. The van der Waals surface area contributed by atoms with Gasteiger partial charge in [-0.1, -0.05) is 37.3 Å². The Morgan fingerprint density at radius 1 is 1.11 bits per heavy atom. The number of thioether (sulfide) groups is 1. The van der Waals surface area contributed by atoms with Crippen LogP contribution in [0.5, 0.6) is 0 Å². The minimum absolute atomic E-state index is 0.224.